The van der Waals surface area contributed by atoms with Gasteiger partial charge in [0.05, 0.1) is 30.4 Å². The van der Waals surface area contributed by atoms with E-state index < -0.39 is 0 Å². The summed E-state index contributed by atoms with van der Waals surface area (Å²) in [7, 11) is 1.51. The van der Waals surface area contributed by atoms with Gasteiger partial charge in [-0.15, -0.1) is 5.10 Å². The van der Waals surface area contributed by atoms with E-state index in [1.807, 2.05) is 86.3 Å². The molecule has 0 aliphatic carbocycles. The second kappa shape index (κ2) is 14.5. The molecule has 4 heterocycles. The average molecular weight is 602 g/mol. The highest BCUT2D eigenvalue weighted by molar-refractivity contribution is 5.95. The van der Waals surface area contributed by atoms with Gasteiger partial charge in [0.2, 0.25) is 0 Å². The number of rotatable bonds is 6. The average Bonchev–Trinajstić information content (AvgIpc) is 3.73. The molecule has 1 amide bonds. The number of imidazole rings is 1. The van der Waals surface area contributed by atoms with Gasteiger partial charge in [-0.3, -0.25) is 14.3 Å². The van der Waals surface area contributed by atoms with Crippen molar-refractivity contribution >= 4 is 17.4 Å². The highest BCUT2D eigenvalue weighted by Gasteiger charge is 2.29. The number of benzene rings is 2. The summed E-state index contributed by atoms with van der Waals surface area (Å²) in [5.74, 6) is 0.805. The highest BCUT2D eigenvalue weighted by Crippen LogP contribution is 2.20. The first kappa shape index (κ1) is 32.0. The van der Waals surface area contributed by atoms with E-state index in [1.54, 1.807) is 23.0 Å². The van der Waals surface area contributed by atoms with Crippen molar-refractivity contribution in [1.29, 1.82) is 0 Å². The number of ether oxygens (including phenoxy) is 1. The van der Waals surface area contributed by atoms with Crippen LogP contribution in [-0.4, -0.2) is 56.1 Å². The van der Waals surface area contributed by atoms with Crippen LogP contribution < -0.4 is 20.5 Å². The number of para-hydroxylation sites is 1. The van der Waals surface area contributed by atoms with Crippen LogP contribution in [0, 0.1) is 19.7 Å². The van der Waals surface area contributed by atoms with Gasteiger partial charge in [0, 0.05) is 31.7 Å². The minimum absolute atomic E-state index is 0.0622. The van der Waals surface area contributed by atoms with E-state index in [9.17, 15) is 14.0 Å². The van der Waals surface area contributed by atoms with E-state index in [4.69, 9.17) is 4.74 Å². The number of nitrogens with one attached hydrogen (secondary N) is 1. The fraction of sp³-hybridized carbons (Fsp3) is 0.333. The van der Waals surface area contributed by atoms with Crippen LogP contribution in [0.4, 0.5) is 10.2 Å². The normalized spacial score (nSPS) is 14.0. The Labute approximate surface area is 256 Å². The molecule has 1 aliphatic rings. The van der Waals surface area contributed by atoms with E-state index in [-0.39, 0.29) is 28.9 Å². The molecular formula is C33H40FN7O3. The van der Waals surface area contributed by atoms with Crippen LogP contribution in [0.1, 0.15) is 48.9 Å². The molecule has 1 atom stereocenters. The Morgan fingerprint density at radius 2 is 1.82 bits per heavy atom. The van der Waals surface area contributed by atoms with Crippen LogP contribution in [-0.2, 0) is 6.54 Å². The third-order valence-electron chi connectivity index (χ3n) is 7.32. The third-order valence-corrected chi connectivity index (χ3v) is 7.32. The molecule has 1 aliphatic heterocycles. The second-order valence-corrected chi connectivity index (χ2v) is 10.1. The zero-order valence-electron chi connectivity index (χ0n) is 26.1. The molecule has 1 saturated heterocycles. The topological polar surface area (TPSA) is 98.7 Å². The number of amides is 1. The predicted octanol–water partition coefficient (Wildman–Crippen LogP) is 5.19. The minimum atomic E-state index is -0.324. The number of halogens is 1. The maximum Gasteiger partial charge on any atom is 0.284 e. The SMILES string of the molecule is CC.CCn1c(C)c(C(=O)N[C@H]2CCN(c3ccc4ncc(C)n4n3)C2)c(=O)n1-c1ccccc1.COc1cccc(F)c1. The Hall–Kier alpha value is -4.93. The molecule has 0 unspecified atom stereocenters. The number of anilines is 1. The van der Waals surface area contributed by atoms with Crippen LogP contribution in [0.3, 0.4) is 0 Å². The minimum Gasteiger partial charge on any atom is -0.497 e. The number of hydrogen-bond acceptors (Lipinski definition) is 6. The molecule has 0 bridgehead atoms. The first-order valence-corrected chi connectivity index (χ1v) is 14.8. The summed E-state index contributed by atoms with van der Waals surface area (Å²) in [5.41, 5.74) is 3.10. The number of hydrogen-bond donors (Lipinski definition) is 1. The summed E-state index contributed by atoms with van der Waals surface area (Å²) >= 11 is 0. The highest BCUT2D eigenvalue weighted by atomic mass is 19.1. The maximum absolute atomic E-state index is 13.3. The van der Waals surface area contributed by atoms with Gasteiger partial charge in [-0.1, -0.05) is 38.1 Å². The van der Waals surface area contributed by atoms with Crippen LogP contribution in [0.15, 0.2) is 77.7 Å². The number of carbonyl (C=O) groups excluding carboxylic acids is 1. The molecule has 10 nitrogen and oxygen atoms in total. The quantitative estimate of drug-likeness (QED) is 0.288. The van der Waals surface area contributed by atoms with Gasteiger partial charge < -0.3 is 15.0 Å². The standard InChI is InChI=1S/C24H27N7O2.C7H7FO.C2H6/c1-4-29-17(3)22(24(33)31(29)19-8-6-5-7-9-19)23(32)26-18-12-13-28(15-18)21-11-10-20-25-14-16(2)30(20)27-21;1-9-7-4-2-3-6(8)5-7;1-2/h5-11,14,18H,4,12-13,15H2,1-3H3,(H,26,32);2-5H,1H3;1-2H3/t18-;;/m0../s1. The van der Waals surface area contributed by atoms with E-state index in [2.05, 4.69) is 20.3 Å². The number of fused-ring (bicyclic) bond motifs is 1. The molecule has 1 N–H and O–H groups in total. The van der Waals surface area contributed by atoms with Crippen molar-refractivity contribution in [3.8, 4) is 11.4 Å². The molecule has 6 rings (SSSR count). The lowest BCUT2D eigenvalue weighted by molar-refractivity contribution is 0.0938. The van der Waals surface area contributed by atoms with Gasteiger partial charge in [-0.2, -0.15) is 0 Å². The lowest BCUT2D eigenvalue weighted by atomic mass is 10.2. The summed E-state index contributed by atoms with van der Waals surface area (Å²) in [5, 5.41) is 7.77. The molecule has 0 spiro atoms. The molecule has 5 aromatic rings. The van der Waals surface area contributed by atoms with Crippen molar-refractivity contribution in [3.63, 3.8) is 0 Å². The molecule has 0 radical (unpaired) electrons. The lowest BCUT2D eigenvalue weighted by Crippen LogP contribution is -2.39. The molecular weight excluding hydrogens is 561 g/mol. The Balaban J connectivity index is 0.000000343. The van der Waals surface area contributed by atoms with Gasteiger partial charge in [0.25, 0.3) is 11.5 Å². The maximum atomic E-state index is 13.3. The lowest BCUT2D eigenvalue weighted by Gasteiger charge is -2.18. The Bertz CT molecular complexity index is 1760. The monoisotopic (exact) mass is 601 g/mol. The summed E-state index contributed by atoms with van der Waals surface area (Å²) < 4.78 is 22.3. The largest absolute Gasteiger partial charge is 0.497 e. The fourth-order valence-electron chi connectivity index (χ4n) is 5.20. The van der Waals surface area contributed by atoms with Crippen LogP contribution in [0.25, 0.3) is 11.3 Å². The third kappa shape index (κ3) is 6.82. The molecule has 11 heteroatoms. The Morgan fingerprint density at radius 1 is 1.07 bits per heavy atom. The second-order valence-electron chi connectivity index (χ2n) is 10.1. The number of carbonyl (C=O) groups is 1. The number of aromatic nitrogens is 5. The number of nitrogens with zero attached hydrogens (tertiary/aromatic N) is 6. The first-order chi connectivity index (χ1) is 21.3. The Morgan fingerprint density at radius 3 is 2.48 bits per heavy atom. The zero-order valence-corrected chi connectivity index (χ0v) is 26.1. The molecule has 1 fully saturated rings. The van der Waals surface area contributed by atoms with E-state index >= 15 is 0 Å². The predicted molar refractivity (Wildman–Crippen MR) is 171 cm³/mol. The van der Waals surface area contributed by atoms with E-state index in [1.165, 1.54) is 19.2 Å². The molecule has 44 heavy (non-hydrogen) atoms. The van der Waals surface area contributed by atoms with Crippen molar-refractivity contribution in [2.24, 2.45) is 0 Å². The van der Waals surface area contributed by atoms with Gasteiger partial charge in [-0.05, 0) is 63.6 Å². The van der Waals surface area contributed by atoms with Crippen molar-refractivity contribution < 1.29 is 13.9 Å². The zero-order chi connectivity index (χ0) is 31.8. The summed E-state index contributed by atoms with van der Waals surface area (Å²) in [6.45, 7) is 11.8. The molecule has 3 aromatic heterocycles. The number of methoxy groups -OCH3 is 1. The fourth-order valence-corrected chi connectivity index (χ4v) is 5.20. The summed E-state index contributed by atoms with van der Waals surface area (Å²) in [4.78, 5) is 32.9. The van der Waals surface area contributed by atoms with Crippen LogP contribution >= 0.6 is 0 Å². The molecule has 2 aromatic carbocycles. The Kier molecular flexibility index (Phi) is 10.5. The smallest absolute Gasteiger partial charge is 0.284 e. The van der Waals surface area contributed by atoms with Gasteiger partial charge in [0.1, 0.15) is 22.9 Å². The van der Waals surface area contributed by atoms with Crippen molar-refractivity contribution in [1.82, 2.24) is 29.3 Å². The van der Waals surface area contributed by atoms with Crippen molar-refractivity contribution in [3.05, 3.63) is 106 Å². The van der Waals surface area contributed by atoms with Crippen LogP contribution in [0.5, 0.6) is 5.75 Å². The summed E-state index contributed by atoms with van der Waals surface area (Å²) in [6, 6.07) is 19.3. The van der Waals surface area contributed by atoms with Crippen molar-refractivity contribution in [2.75, 3.05) is 25.1 Å². The van der Waals surface area contributed by atoms with Crippen molar-refractivity contribution in [2.45, 2.75) is 53.6 Å². The van der Waals surface area contributed by atoms with Gasteiger partial charge in [-0.25, -0.2) is 18.6 Å². The first-order valence-electron chi connectivity index (χ1n) is 14.8. The number of aryl methyl sites for hydroxylation is 1. The summed E-state index contributed by atoms with van der Waals surface area (Å²) in [6.07, 6.45) is 2.58. The van der Waals surface area contributed by atoms with E-state index in [0.29, 0.717) is 24.5 Å². The molecule has 0 saturated carbocycles. The van der Waals surface area contributed by atoms with Gasteiger partial charge in [0.15, 0.2) is 5.65 Å². The van der Waals surface area contributed by atoms with Crippen LogP contribution in [0.2, 0.25) is 0 Å². The molecule has 232 valence electrons. The van der Waals surface area contributed by atoms with Gasteiger partial charge >= 0.3 is 0 Å². The van der Waals surface area contributed by atoms with E-state index in [0.717, 1.165) is 35.8 Å².